The van der Waals surface area contributed by atoms with Gasteiger partial charge in [-0.3, -0.25) is 9.59 Å². The van der Waals surface area contributed by atoms with Crippen LogP contribution in [0.2, 0.25) is 0 Å². The van der Waals surface area contributed by atoms with E-state index in [1.54, 1.807) is 18.2 Å². The number of nitrogens with zero attached hydrogens (tertiary/aromatic N) is 3. The number of carbonyl (C=O) groups excluding carboxylic acids is 1. The number of hydrogen-bond donors (Lipinski definition) is 2. The van der Waals surface area contributed by atoms with Crippen molar-refractivity contribution in [1.82, 2.24) is 20.1 Å². The zero-order valence-corrected chi connectivity index (χ0v) is 15.1. The topological polar surface area (TPSA) is 114 Å². The number of benzene rings is 2. The van der Waals surface area contributed by atoms with E-state index < -0.39 is 0 Å². The third-order valence-electron chi connectivity index (χ3n) is 4.23. The first-order valence-electron chi connectivity index (χ1n) is 8.75. The molecule has 2 heterocycles. The van der Waals surface area contributed by atoms with Gasteiger partial charge in [-0.2, -0.15) is 4.98 Å². The van der Waals surface area contributed by atoms with Gasteiger partial charge < -0.3 is 14.8 Å². The van der Waals surface area contributed by atoms with Crippen LogP contribution >= 0.6 is 0 Å². The van der Waals surface area contributed by atoms with Crippen LogP contribution in [0.4, 0.5) is 5.69 Å². The third-order valence-corrected chi connectivity index (χ3v) is 4.23. The SMILES string of the molecule is Cc1cccc(-c2noc(CCC(=O)Nc3ccc4nc[nH]c(=O)c4c3)n2)c1. The van der Waals surface area contributed by atoms with Crippen LogP contribution in [-0.4, -0.2) is 26.0 Å². The Balaban J connectivity index is 1.40. The van der Waals surface area contributed by atoms with Gasteiger partial charge in [-0.1, -0.05) is 28.9 Å². The first-order valence-corrected chi connectivity index (χ1v) is 8.75. The maximum absolute atomic E-state index is 12.2. The molecule has 0 saturated carbocycles. The van der Waals surface area contributed by atoms with Gasteiger partial charge in [-0.25, -0.2) is 4.98 Å². The van der Waals surface area contributed by atoms with E-state index in [4.69, 9.17) is 4.52 Å². The van der Waals surface area contributed by atoms with Gasteiger partial charge in [0.1, 0.15) is 0 Å². The number of rotatable bonds is 5. The number of carbonyl (C=O) groups is 1. The van der Waals surface area contributed by atoms with Gasteiger partial charge in [0, 0.05) is 24.1 Å². The summed E-state index contributed by atoms with van der Waals surface area (Å²) in [5, 5.41) is 7.16. The van der Waals surface area contributed by atoms with E-state index in [9.17, 15) is 9.59 Å². The molecule has 0 radical (unpaired) electrons. The predicted octanol–water partition coefficient (Wildman–Crippen LogP) is 2.85. The summed E-state index contributed by atoms with van der Waals surface area (Å²) in [5.74, 6) is 0.682. The average Bonchev–Trinajstić information content (AvgIpc) is 3.16. The smallest absolute Gasteiger partial charge is 0.258 e. The van der Waals surface area contributed by atoms with Gasteiger partial charge in [0.2, 0.25) is 17.6 Å². The van der Waals surface area contributed by atoms with Crippen molar-refractivity contribution in [3.63, 3.8) is 0 Å². The van der Waals surface area contributed by atoms with Crippen molar-refractivity contribution in [3.05, 3.63) is 70.6 Å². The lowest BCUT2D eigenvalue weighted by molar-refractivity contribution is -0.116. The van der Waals surface area contributed by atoms with E-state index in [0.717, 1.165) is 11.1 Å². The Morgan fingerprint density at radius 1 is 1.21 bits per heavy atom. The summed E-state index contributed by atoms with van der Waals surface area (Å²) in [7, 11) is 0. The van der Waals surface area contributed by atoms with Crippen molar-refractivity contribution >= 4 is 22.5 Å². The fourth-order valence-corrected chi connectivity index (χ4v) is 2.85. The highest BCUT2D eigenvalue weighted by atomic mass is 16.5. The van der Waals surface area contributed by atoms with Crippen molar-refractivity contribution in [1.29, 1.82) is 0 Å². The lowest BCUT2D eigenvalue weighted by Gasteiger charge is -2.05. The minimum Gasteiger partial charge on any atom is -0.339 e. The first kappa shape index (κ1) is 17.6. The molecule has 0 aliphatic rings. The molecule has 8 nitrogen and oxygen atoms in total. The number of H-pyrrole nitrogens is 1. The van der Waals surface area contributed by atoms with Gasteiger partial charge in [0.05, 0.1) is 17.2 Å². The monoisotopic (exact) mass is 375 g/mol. The van der Waals surface area contributed by atoms with E-state index in [0.29, 0.717) is 34.7 Å². The molecule has 2 aromatic carbocycles. The predicted molar refractivity (Wildman–Crippen MR) is 104 cm³/mol. The molecule has 0 aliphatic carbocycles. The summed E-state index contributed by atoms with van der Waals surface area (Å²) in [4.78, 5) is 35.0. The number of aromatic nitrogens is 4. The number of aromatic amines is 1. The first-order chi connectivity index (χ1) is 13.6. The second kappa shape index (κ2) is 7.43. The summed E-state index contributed by atoms with van der Waals surface area (Å²) < 4.78 is 5.24. The molecule has 28 heavy (non-hydrogen) atoms. The van der Waals surface area contributed by atoms with Crippen LogP contribution in [0.3, 0.4) is 0 Å². The van der Waals surface area contributed by atoms with Gasteiger partial charge in [-0.15, -0.1) is 0 Å². The molecule has 0 atom stereocenters. The number of fused-ring (bicyclic) bond motifs is 1. The highest BCUT2D eigenvalue weighted by molar-refractivity contribution is 5.93. The fraction of sp³-hybridized carbons (Fsp3) is 0.150. The molecule has 0 saturated heterocycles. The number of nitrogens with one attached hydrogen (secondary N) is 2. The van der Waals surface area contributed by atoms with Crippen molar-refractivity contribution in [2.75, 3.05) is 5.32 Å². The van der Waals surface area contributed by atoms with Gasteiger partial charge in [-0.05, 0) is 31.2 Å². The molecular formula is C20H17N5O3. The lowest BCUT2D eigenvalue weighted by Crippen LogP contribution is -2.13. The molecule has 4 rings (SSSR count). The molecule has 1 amide bonds. The van der Waals surface area contributed by atoms with Crippen molar-refractivity contribution < 1.29 is 9.32 Å². The molecular weight excluding hydrogens is 358 g/mol. The molecule has 0 unspecified atom stereocenters. The number of amides is 1. The third kappa shape index (κ3) is 3.80. The zero-order chi connectivity index (χ0) is 19.5. The van der Waals surface area contributed by atoms with Crippen LogP contribution in [0, 0.1) is 6.92 Å². The van der Waals surface area contributed by atoms with Crippen LogP contribution in [0.15, 0.2) is 58.1 Å². The average molecular weight is 375 g/mol. The Labute approximate surface area is 159 Å². The van der Waals surface area contributed by atoms with Gasteiger partial charge >= 0.3 is 0 Å². The standard InChI is InChI=1S/C20H17N5O3/c1-12-3-2-4-13(9-12)19-24-18(28-25-19)8-7-17(26)23-14-5-6-16-15(10-14)20(27)22-11-21-16/h2-6,9-11H,7-8H2,1H3,(H,23,26)(H,21,22,27). The Bertz CT molecular complexity index is 1210. The molecule has 0 spiro atoms. The maximum Gasteiger partial charge on any atom is 0.258 e. The van der Waals surface area contributed by atoms with Crippen LogP contribution in [-0.2, 0) is 11.2 Å². The summed E-state index contributed by atoms with van der Waals surface area (Å²) in [5.41, 5.74) is 2.82. The molecule has 0 fully saturated rings. The van der Waals surface area contributed by atoms with E-state index in [1.165, 1.54) is 6.33 Å². The van der Waals surface area contributed by atoms with Gasteiger partial charge in [0.15, 0.2) is 0 Å². The van der Waals surface area contributed by atoms with Crippen molar-refractivity contribution in [3.8, 4) is 11.4 Å². The van der Waals surface area contributed by atoms with E-state index in [2.05, 4.69) is 25.4 Å². The largest absolute Gasteiger partial charge is 0.339 e. The molecule has 4 aromatic rings. The molecule has 8 heteroatoms. The summed E-state index contributed by atoms with van der Waals surface area (Å²) in [6.45, 7) is 1.99. The number of hydrogen-bond acceptors (Lipinski definition) is 6. The Kier molecular flexibility index (Phi) is 4.67. The van der Waals surface area contributed by atoms with Crippen LogP contribution in [0.25, 0.3) is 22.3 Å². The zero-order valence-electron chi connectivity index (χ0n) is 15.1. The molecule has 2 aromatic heterocycles. The summed E-state index contributed by atoms with van der Waals surface area (Å²) >= 11 is 0. The normalized spacial score (nSPS) is 10.9. The number of aryl methyl sites for hydroxylation is 2. The van der Waals surface area contributed by atoms with Crippen LogP contribution in [0.5, 0.6) is 0 Å². The minimum atomic E-state index is -0.254. The van der Waals surface area contributed by atoms with Crippen LogP contribution in [0.1, 0.15) is 17.9 Å². The van der Waals surface area contributed by atoms with Gasteiger partial charge in [0.25, 0.3) is 5.56 Å². The highest BCUT2D eigenvalue weighted by Gasteiger charge is 2.11. The van der Waals surface area contributed by atoms with E-state index in [1.807, 2.05) is 31.2 Å². The Morgan fingerprint density at radius 3 is 2.96 bits per heavy atom. The minimum absolute atomic E-state index is 0.177. The van der Waals surface area contributed by atoms with E-state index in [-0.39, 0.29) is 17.9 Å². The maximum atomic E-state index is 12.2. The number of anilines is 1. The molecule has 0 bridgehead atoms. The lowest BCUT2D eigenvalue weighted by atomic mass is 10.1. The highest BCUT2D eigenvalue weighted by Crippen LogP contribution is 2.18. The van der Waals surface area contributed by atoms with Crippen molar-refractivity contribution in [2.24, 2.45) is 0 Å². The summed E-state index contributed by atoms with van der Waals surface area (Å²) in [6, 6.07) is 12.8. The fourth-order valence-electron chi connectivity index (χ4n) is 2.85. The summed E-state index contributed by atoms with van der Waals surface area (Å²) in [6.07, 6.45) is 1.84. The molecule has 2 N–H and O–H groups in total. The quantitative estimate of drug-likeness (QED) is 0.554. The van der Waals surface area contributed by atoms with Crippen molar-refractivity contribution in [2.45, 2.75) is 19.8 Å². The van der Waals surface area contributed by atoms with Crippen LogP contribution < -0.4 is 10.9 Å². The van der Waals surface area contributed by atoms with E-state index >= 15 is 0 Å². The second-order valence-corrected chi connectivity index (χ2v) is 6.39. The molecule has 0 aliphatic heterocycles. The Hall–Kier alpha value is -3.81. The Morgan fingerprint density at radius 2 is 2.11 bits per heavy atom. The second-order valence-electron chi connectivity index (χ2n) is 6.39. The molecule has 140 valence electrons.